The number of hydrogen-bond donors (Lipinski definition) is 0. The fourth-order valence-corrected chi connectivity index (χ4v) is 22.5. The van der Waals surface area contributed by atoms with E-state index in [0.29, 0.717) is 0 Å². The SMILES string of the molecule is CCC[CH2][Sn](/[CH]=C/CC(C)(CCC)O[Si](CC)(CC)CC)([CH2]CCC)[CH2]CCC. The predicted octanol–water partition coefficient (Wildman–Crippen LogP) is 9.90. The average Bonchev–Trinajstić information content (AvgIpc) is 2.73. The van der Waals surface area contributed by atoms with Crippen molar-refractivity contribution < 1.29 is 4.43 Å². The van der Waals surface area contributed by atoms with Gasteiger partial charge in [0.1, 0.15) is 0 Å². The summed E-state index contributed by atoms with van der Waals surface area (Å²) >= 11 is -2.17. The summed E-state index contributed by atoms with van der Waals surface area (Å²) in [5, 5.41) is 0. The van der Waals surface area contributed by atoms with E-state index in [1.165, 1.54) is 69.5 Å². The molecule has 0 amide bonds. The third-order valence-electron chi connectivity index (χ3n) is 7.28. The van der Waals surface area contributed by atoms with Gasteiger partial charge in [0.2, 0.25) is 0 Å². The molecular formula is C26H56OSiSn. The molecule has 1 unspecified atom stereocenters. The zero-order valence-corrected chi connectivity index (χ0v) is 25.5. The maximum atomic E-state index is 7.08. The van der Waals surface area contributed by atoms with Crippen molar-refractivity contribution >= 4 is 26.7 Å². The van der Waals surface area contributed by atoms with Crippen LogP contribution in [-0.2, 0) is 4.43 Å². The Bertz CT molecular complexity index is 389. The van der Waals surface area contributed by atoms with Gasteiger partial charge in [-0.2, -0.15) is 0 Å². The Morgan fingerprint density at radius 1 is 0.724 bits per heavy atom. The van der Waals surface area contributed by atoms with Crippen LogP contribution in [0.2, 0.25) is 31.4 Å². The summed E-state index contributed by atoms with van der Waals surface area (Å²) in [6.45, 7) is 19.0. The van der Waals surface area contributed by atoms with Crippen LogP contribution in [0.15, 0.2) is 10.2 Å². The molecule has 0 aromatic heterocycles. The molecule has 0 saturated carbocycles. The predicted molar refractivity (Wildman–Crippen MR) is 140 cm³/mol. The van der Waals surface area contributed by atoms with E-state index in [9.17, 15) is 0 Å². The molecular weight excluding hydrogens is 475 g/mol. The molecule has 0 aliphatic rings. The van der Waals surface area contributed by atoms with Crippen LogP contribution in [0.5, 0.6) is 0 Å². The van der Waals surface area contributed by atoms with Crippen molar-refractivity contribution in [1.82, 2.24) is 0 Å². The van der Waals surface area contributed by atoms with E-state index in [1.54, 1.807) is 13.3 Å². The van der Waals surface area contributed by atoms with Crippen LogP contribution in [0.1, 0.15) is 113 Å². The molecule has 29 heavy (non-hydrogen) atoms. The van der Waals surface area contributed by atoms with Gasteiger partial charge in [-0.25, -0.2) is 0 Å². The van der Waals surface area contributed by atoms with Crippen molar-refractivity contribution in [3.8, 4) is 0 Å². The van der Waals surface area contributed by atoms with Crippen LogP contribution >= 0.6 is 0 Å². The fourth-order valence-electron chi connectivity index (χ4n) is 4.98. The van der Waals surface area contributed by atoms with Crippen molar-refractivity contribution in [2.45, 2.75) is 150 Å². The van der Waals surface area contributed by atoms with Gasteiger partial charge in [-0.1, -0.05) is 0 Å². The first-order valence-electron chi connectivity index (χ1n) is 13.2. The van der Waals surface area contributed by atoms with Crippen LogP contribution in [0.4, 0.5) is 0 Å². The summed E-state index contributed by atoms with van der Waals surface area (Å²) in [5.41, 5.74) is 0.0530. The fraction of sp³-hybridized carbons (Fsp3) is 0.923. The van der Waals surface area contributed by atoms with Gasteiger partial charge in [-0.15, -0.1) is 0 Å². The van der Waals surface area contributed by atoms with Crippen molar-refractivity contribution in [3.63, 3.8) is 0 Å². The van der Waals surface area contributed by atoms with Gasteiger partial charge < -0.3 is 0 Å². The Hall–Kier alpha value is 0.716. The normalized spacial score (nSPS) is 15.2. The van der Waals surface area contributed by atoms with Gasteiger partial charge in [-0.3, -0.25) is 0 Å². The van der Waals surface area contributed by atoms with Crippen LogP contribution in [0.3, 0.4) is 0 Å². The van der Waals surface area contributed by atoms with E-state index in [2.05, 4.69) is 65.6 Å². The third kappa shape index (κ3) is 11.2. The Morgan fingerprint density at radius 3 is 1.52 bits per heavy atom. The molecule has 0 bridgehead atoms. The van der Waals surface area contributed by atoms with Crippen molar-refractivity contribution in [3.05, 3.63) is 10.2 Å². The molecule has 3 heteroatoms. The van der Waals surface area contributed by atoms with E-state index >= 15 is 0 Å². The first kappa shape index (κ1) is 29.7. The first-order chi connectivity index (χ1) is 13.8. The molecule has 1 atom stereocenters. The molecule has 0 fully saturated rings. The van der Waals surface area contributed by atoms with Gasteiger partial charge in [0.05, 0.1) is 0 Å². The Labute approximate surface area is 190 Å². The molecule has 0 aliphatic heterocycles. The van der Waals surface area contributed by atoms with Gasteiger partial charge in [0.25, 0.3) is 0 Å². The van der Waals surface area contributed by atoms with Crippen LogP contribution < -0.4 is 0 Å². The van der Waals surface area contributed by atoms with E-state index in [4.69, 9.17) is 4.43 Å². The number of rotatable bonds is 19. The van der Waals surface area contributed by atoms with Gasteiger partial charge in [-0.05, 0) is 0 Å². The van der Waals surface area contributed by atoms with Crippen molar-refractivity contribution in [2.24, 2.45) is 0 Å². The average molecular weight is 532 g/mol. The summed E-state index contributed by atoms with van der Waals surface area (Å²) in [5.74, 6) is 0. The molecule has 1 nitrogen and oxygen atoms in total. The molecule has 0 aliphatic carbocycles. The molecule has 0 aromatic rings. The van der Waals surface area contributed by atoms with Crippen LogP contribution in [-0.4, -0.2) is 32.3 Å². The second-order valence-corrected chi connectivity index (χ2v) is 27.5. The summed E-state index contributed by atoms with van der Waals surface area (Å²) < 4.78 is 14.7. The summed E-state index contributed by atoms with van der Waals surface area (Å²) in [4.78, 5) is 0. The number of unbranched alkanes of at least 4 members (excludes halogenated alkanes) is 3. The van der Waals surface area contributed by atoms with Gasteiger partial charge in [0, 0.05) is 0 Å². The number of hydrogen-bond acceptors (Lipinski definition) is 1. The molecule has 174 valence electrons. The molecule has 0 saturated heterocycles. The second-order valence-electron chi connectivity index (χ2n) is 9.83. The van der Waals surface area contributed by atoms with Gasteiger partial charge >= 0.3 is 192 Å². The Balaban J connectivity index is 5.51. The summed E-state index contributed by atoms with van der Waals surface area (Å²) in [7, 11) is -1.57. The van der Waals surface area contributed by atoms with Crippen molar-refractivity contribution in [2.75, 3.05) is 0 Å². The quantitative estimate of drug-likeness (QED) is 0.151. The molecule has 0 spiro atoms. The van der Waals surface area contributed by atoms with Gasteiger partial charge in [0.15, 0.2) is 0 Å². The molecule has 0 heterocycles. The van der Waals surface area contributed by atoms with E-state index < -0.39 is 26.7 Å². The Kier molecular flexibility index (Phi) is 16.8. The van der Waals surface area contributed by atoms with E-state index in [-0.39, 0.29) is 5.60 Å². The minimum atomic E-state index is -2.17. The zero-order chi connectivity index (χ0) is 22.2. The van der Waals surface area contributed by atoms with E-state index in [1.807, 2.05) is 0 Å². The zero-order valence-electron chi connectivity index (χ0n) is 21.7. The van der Waals surface area contributed by atoms with Crippen LogP contribution in [0.25, 0.3) is 0 Å². The third-order valence-corrected chi connectivity index (χ3v) is 26.3. The summed E-state index contributed by atoms with van der Waals surface area (Å²) in [6.07, 6.45) is 14.6. The maximum absolute atomic E-state index is 7.08. The second kappa shape index (κ2) is 16.4. The van der Waals surface area contributed by atoms with E-state index in [0.717, 1.165) is 6.42 Å². The molecule has 0 rings (SSSR count). The van der Waals surface area contributed by atoms with Crippen molar-refractivity contribution in [1.29, 1.82) is 0 Å². The Morgan fingerprint density at radius 2 is 1.17 bits per heavy atom. The summed E-state index contributed by atoms with van der Waals surface area (Å²) in [6, 6.07) is 3.78. The molecule has 0 radical (unpaired) electrons. The molecule has 0 aromatic carbocycles. The standard InChI is InChI=1S/C14H29OSi.3C4H9.Sn/c1-7-12-14(6,13-8-2)15-16(9-3,10-4)11-5;3*1-3-4-2;/h1,7H,8-13H2,2-6H3;3*1,3-4H2,2H3;. The van der Waals surface area contributed by atoms with Crippen LogP contribution in [0, 0.1) is 0 Å². The minimum absolute atomic E-state index is 0.0530. The molecule has 0 N–H and O–H groups in total. The monoisotopic (exact) mass is 532 g/mol. The topological polar surface area (TPSA) is 9.23 Å². The first-order valence-corrected chi connectivity index (χ1v) is 23.4.